The second-order valence-electron chi connectivity index (χ2n) is 2.10. The summed E-state index contributed by atoms with van der Waals surface area (Å²) in [4.78, 5) is 10.3. The SMILES string of the molecule is Cl.O=C(O)[C@@H]1CCCNN1. The topological polar surface area (TPSA) is 61.4 Å². The lowest BCUT2D eigenvalue weighted by molar-refractivity contribution is -0.140. The van der Waals surface area contributed by atoms with E-state index >= 15 is 0 Å². The fraction of sp³-hybridized carbons (Fsp3) is 0.800. The first-order valence-corrected chi connectivity index (χ1v) is 3.02. The van der Waals surface area contributed by atoms with E-state index in [0.29, 0.717) is 0 Å². The molecule has 0 bridgehead atoms. The molecule has 0 aromatic carbocycles. The van der Waals surface area contributed by atoms with Gasteiger partial charge in [-0.3, -0.25) is 10.2 Å². The van der Waals surface area contributed by atoms with Crippen molar-refractivity contribution in [2.24, 2.45) is 0 Å². The van der Waals surface area contributed by atoms with Crippen LogP contribution >= 0.6 is 12.4 Å². The summed E-state index contributed by atoms with van der Waals surface area (Å²) in [5.74, 6) is -0.776. The van der Waals surface area contributed by atoms with E-state index < -0.39 is 12.0 Å². The smallest absolute Gasteiger partial charge is 0.322 e. The van der Waals surface area contributed by atoms with Crippen molar-refractivity contribution in [3.63, 3.8) is 0 Å². The molecule has 0 aromatic heterocycles. The van der Waals surface area contributed by atoms with E-state index in [0.717, 1.165) is 19.4 Å². The molecule has 1 saturated heterocycles. The number of hydrogen-bond donors (Lipinski definition) is 3. The summed E-state index contributed by atoms with van der Waals surface area (Å²) in [7, 11) is 0. The van der Waals surface area contributed by atoms with E-state index in [-0.39, 0.29) is 12.4 Å². The third kappa shape index (κ3) is 2.51. The van der Waals surface area contributed by atoms with Crippen molar-refractivity contribution >= 4 is 18.4 Å². The number of rotatable bonds is 1. The third-order valence-corrected chi connectivity index (χ3v) is 1.37. The van der Waals surface area contributed by atoms with E-state index in [9.17, 15) is 4.79 Å². The number of hydrogen-bond acceptors (Lipinski definition) is 3. The van der Waals surface area contributed by atoms with Crippen LogP contribution in [0.4, 0.5) is 0 Å². The Morgan fingerprint density at radius 1 is 1.60 bits per heavy atom. The normalized spacial score (nSPS) is 25.0. The van der Waals surface area contributed by atoms with Crippen molar-refractivity contribution in [2.75, 3.05) is 6.54 Å². The highest BCUT2D eigenvalue weighted by Gasteiger charge is 2.18. The van der Waals surface area contributed by atoms with E-state index in [1.54, 1.807) is 0 Å². The Balaban J connectivity index is 0.000000810. The van der Waals surface area contributed by atoms with Crippen molar-refractivity contribution < 1.29 is 9.90 Å². The summed E-state index contributed by atoms with van der Waals surface area (Å²) in [5.41, 5.74) is 5.45. The highest BCUT2D eigenvalue weighted by Crippen LogP contribution is 1.98. The molecule has 0 radical (unpaired) electrons. The van der Waals surface area contributed by atoms with Crippen LogP contribution < -0.4 is 10.9 Å². The van der Waals surface area contributed by atoms with Crippen molar-refractivity contribution in [1.82, 2.24) is 10.9 Å². The van der Waals surface area contributed by atoms with Gasteiger partial charge in [-0.2, -0.15) is 0 Å². The molecule has 0 saturated carbocycles. The zero-order valence-electron chi connectivity index (χ0n) is 5.46. The van der Waals surface area contributed by atoms with Crippen LogP contribution in [0.1, 0.15) is 12.8 Å². The quantitative estimate of drug-likeness (QED) is 0.503. The van der Waals surface area contributed by atoms with Gasteiger partial charge in [-0.25, -0.2) is 5.43 Å². The van der Waals surface area contributed by atoms with Gasteiger partial charge in [0.2, 0.25) is 0 Å². The lowest BCUT2D eigenvalue weighted by atomic mass is 10.1. The van der Waals surface area contributed by atoms with Gasteiger partial charge in [-0.15, -0.1) is 12.4 Å². The molecule has 1 aliphatic heterocycles. The summed E-state index contributed by atoms with van der Waals surface area (Å²) < 4.78 is 0. The van der Waals surface area contributed by atoms with Crippen LogP contribution in [-0.2, 0) is 4.79 Å². The fourth-order valence-corrected chi connectivity index (χ4v) is 0.847. The number of halogens is 1. The van der Waals surface area contributed by atoms with Gasteiger partial charge < -0.3 is 5.11 Å². The minimum atomic E-state index is -0.776. The van der Waals surface area contributed by atoms with Crippen LogP contribution in [-0.4, -0.2) is 23.7 Å². The number of carboxylic acids is 1. The van der Waals surface area contributed by atoms with Crippen LogP contribution in [0.15, 0.2) is 0 Å². The first-order valence-electron chi connectivity index (χ1n) is 3.02. The number of carbonyl (C=O) groups is 1. The molecule has 1 rings (SSSR count). The molecule has 10 heavy (non-hydrogen) atoms. The van der Waals surface area contributed by atoms with Gasteiger partial charge in [0.05, 0.1) is 0 Å². The van der Waals surface area contributed by atoms with Crippen molar-refractivity contribution in [2.45, 2.75) is 18.9 Å². The Morgan fingerprint density at radius 2 is 2.30 bits per heavy atom. The van der Waals surface area contributed by atoms with Gasteiger partial charge in [0.15, 0.2) is 0 Å². The molecule has 1 aliphatic rings. The van der Waals surface area contributed by atoms with Crippen LogP contribution in [0.25, 0.3) is 0 Å². The molecule has 60 valence electrons. The molecule has 1 heterocycles. The zero-order valence-corrected chi connectivity index (χ0v) is 6.28. The molecule has 0 amide bonds. The van der Waals surface area contributed by atoms with Gasteiger partial charge in [0, 0.05) is 6.54 Å². The predicted octanol–water partition coefficient (Wildman–Crippen LogP) is -0.251. The Kier molecular flexibility index (Phi) is 4.34. The standard InChI is InChI=1S/C5H10N2O2.ClH/c8-5(9)4-2-1-3-6-7-4;/h4,6-7H,1-3H2,(H,8,9);1H/t4-;/m0./s1. The molecular formula is C5H11ClN2O2. The minimum absolute atomic E-state index is 0. The first kappa shape index (κ1) is 9.68. The Hall–Kier alpha value is -0.320. The number of aliphatic carboxylic acids is 1. The third-order valence-electron chi connectivity index (χ3n) is 1.37. The lowest BCUT2D eigenvalue weighted by Gasteiger charge is -2.19. The Morgan fingerprint density at radius 3 is 2.60 bits per heavy atom. The lowest BCUT2D eigenvalue weighted by Crippen LogP contribution is -2.49. The molecule has 0 spiro atoms. The van der Waals surface area contributed by atoms with Crippen LogP contribution in [0.3, 0.4) is 0 Å². The summed E-state index contributed by atoms with van der Waals surface area (Å²) in [6.45, 7) is 0.865. The monoisotopic (exact) mass is 166 g/mol. The van der Waals surface area contributed by atoms with Gasteiger partial charge in [0.25, 0.3) is 0 Å². The number of nitrogens with one attached hydrogen (secondary N) is 2. The molecule has 0 unspecified atom stereocenters. The first-order chi connectivity index (χ1) is 4.30. The highest BCUT2D eigenvalue weighted by atomic mass is 35.5. The van der Waals surface area contributed by atoms with Gasteiger partial charge in [-0.1, -0.05) is 0 Å². The van der Waals surface area contributed by atoms with Crippen molar-refractivity contribution in [1.29, 1.82) is 0 Å². The summed E-state index contributed by atoms with van der Waals surface area (Å²) in [6, 6.07) is -0.390. The van der Waals surface area contributed by atoms with Gasteiger partial charge in [-0.05, 0) is 12.8 Å². The maximum atomic E-state index is 10.3. The zero-order chi connectivity index (χ0) is 6.69. The molecular weight excluding hydrogens is 156 g/mol. The molecule has 0 aliphatic carbocycles. The van der Waals surface area contributed by atoms with Crippen LogP contribution in [0, 0.1) is 0 Å². The van der Waals surface area contributed by atoms with Crippen molar-refractivity contribution in [3.05, 3.63) is 0 Å². The van der Waals surface area contributed by atoms with Crippen LogP contribution in [0.5, 0.6) is 0 Å². The average molecular weight is 167 g/mol. The Bertz CT molecular complexity index is 114. The van der Waals surface area contributed by atoms with Crippen LogP contribution in [0.2, 0.25) is 0 Å². The second kappa shape index (κ2) is 4.49. The maximum Gasteiger partial charge on any atom is 0.322 e. The van der Waals surface area contributed by atoms with Crippen molar-refractivity contribution in [3.8, 4) is 0 Å². The minimum Gasteiger partial charge on any atom is -0.480 e. The molecule has 1 atom stereocenters. The summed E-state index contributed by atoms with van der Waals surface area (Å²) in [5, 5.41) is 8.44. The largest absolute Gasteiger partial charge is 0.480 e. The molecule has 0 aromatic rings. The number of hydrazine groups is 1. The molecule has 3 N–H and O–H groups in total. The predicted molar refractivity (Wildman–Crippen MR) is 39.0 cm³/mol. The molecule has 5 heteroatoms. The maximum absolute atomic E-state index is 10.3. The van der Waals surface area contributed by atoms with E-state index in [1.807, 2.05) is 0 Å². The summed E-state index contributed by atoms with van der Waals surface area (Å²) in [6.07, 6.45) is 1.66. The fourth-order valence-electron chi connectivity index (χ4n) is 0.847. The van der Waals surface area contributed by atoms with Gasteiger partial charge >= 0.3 is 5.97 Å². The number of carboxylic acid groups (broad SMARTS) is 1. The highest BCUT2D eigenvalue weighted by molar-refractivity contribution is 5.85. The van der Waals surface area contributed by atoms with E-state index in [1.165, 1.54) is 0 Å². The average Bonchev–Trinajstić information content (AvgIpc) is 1.90. The van der Waals surface area contributed by atoms with E-state index in [2.05, 4.69) is 10.9 Å². The summed E-state index contributed by atoms with van der Waals surface area (Å²) >= 11 is 0. The van der Waals surface area contributed by atoms with E-state index in [4.69, 9.17) is 5.11 Å². The molecule has 4 nitrogen and oxygen atoms in total. The van der Waals surface area contributed by atoms with Gasteiger partial charge in [0.1, 0.15) is 6.04 Å². The molecule has 1 fully saturated rings. The Labute approximate surface area is 65.4 Å². The second-order valence-corrected chi connectivity index (χ2v) is 2.10.